The second-order valence-corrected chi connectivity index (χ2v) is 4.58. The van der Waals surface area contributed by atoms with Crippen molar-refractivity contribution in [3.05, 3.63) is 52.6 Å². The molecular weight excluding hydrogens is 274 g/mol. The van der Waals surface area contributed by atoms with Gasteiger partial charge in [0, 0.05) is 24.5 Å². The van der Waals surface area contributed by atoms with Crippen LogP contribution in [0.5, 0.6) is 0 Å². The van der Waals surface area contributed by atoms with Gasteiger partial charge in [-0.15, -0.1) is 0 Å². The van der Waals surface area contributed by atoms with Crippen molar-refractivity contribution in [2.45, 2.75) is 26.0 Å². The van der Waals surface area contributed by atoms with Crippen molar-refractivity contribution in [3.63, 3.8) is 0 Å². The SMILES string of the molecule is CCCn1ccnc1C(O)c1cc(F)c(Cl)cc1F. The molecule has 19 heavy (non-hydrogen) atoms. The number of aromatic nitrogens is 2. The molecule has 1 N–H and O–H groups in total. The van der Waals surface area contributed by atoms with Crippen LogP contribution in [-0.2, 0) is 6.54 Å². The van der Waals surface area contributed by atoms with E-state index in [4.69, 9.17) is 11.6 Å². The lowest BCUT2D eigenvalue weighted by atomic mass is 10.1. The molecule has 0 bridgehead atoms. The van der Waals surface area contributed by atoms with Crippen LogP contribution in [0.4, 0.5) is 8.78 Å². The molecule has 3 nitrogen and oxygen atoms in total. The van der Waals surface area contributed by atoms with E-state index in [1.54, 1.807) is 10.8 Å². The van der Waals surface area contributed by atoms with Crippen molar-refractivity contribution >= 4 is 11.6 Å². The summed E-state index contributed by atoms with van der Waals surface area (Å²) in [5, 5.41) is 9.84. The van der Waals surface area contributed by atoms with Crippen molar-refractivity contribution in [1.29, 1.82) is 0 Å². The maximum atomic E-state index is 13.7. The zero-order valence-corrected chi connectivity index (χ0v) is 11.0. The molecule has 0 aliphatic carbocycles. The first-order valence-electron chi connectivity index (χ1n) is 5.88. The minimum atomic E-state index is -1.33. The van der Waals surface area contributed by atoms with E-state index < -0.39 is 17.7 Å². The topological polar surface area (TPSA) is 38.0 Å². The Morgan fingerprint density at radius 3 is 2.79 bits per heavy atom. The molecular formula is C13H13ClF2N2O. The van der Waals surface area contributed by atoms with E-state index in [0.717, 1.165) is 18.6 Å². The molecule has 1 heterocycles. The minimum absolute atomic E-state index is 0.176. The highest BCUT2D eigenvalue weighted by atomic mass is 35.5. The number of aliphatic hydroxyl groups is 1. The Labute approximate surface area is 114 Å². The Hall–Kier alpha value is -1.46. The van der Waals surface area contributed by atoms with Gasteiger partial charge in [-0.2, -0.15) is 0 Å². The quantitative estimate of drug-likeness (QED) is 0.876. The normalized spacial score (nSPS) is 12.7. The van der Waals surface area contributed by atoms with Crippen LogP contribution in [0.2, 0.25) is 5.02 Å². The van der Waals surface area contributed by atoms with E-state index in [-0.39, 0.29) is 16.4 Å². The smallest absolute Gasteiger partial charge is 0.142 e. The molecule has 2 aromatic rings. The fourth-order valence-corrected chi connectivity index (χ4v) is 2.04. The van der Waals surface area contributed by atoms with E-state index in [9.17, 15) is 13.9 Å². The van der Waals surface area contributed by atoms with Gasteiger partial charge in [0.2, 0.25) is 0 Å². The number of aliphatic hydroxyl groups excluding tert-OH is 1. The van der Waals surface area contributed by atoms with Crippen molar-refractivity contribution in [2.24, 2.45) is 0 Å². The van der Waals surface area contributed by atoms with Crippen LogP contribution in [0, 0.1) is 11.6 Å². The maximum Gasteiger partial charge on any atom is 0.142 e. The van der Waals surface area contributed by atoms with Crippen molar-refractivity contribution in [1.82, 2.24) is 9.55 Å². The summed E-state index contributed by atoms with van der Waals surface area (Å²) in [7, 11) is 0. The van der Waals surface area contributed by atoms with Gasteiger partial charge in [0.25, 0.3) is 0 Å². The molecule has 0 amide bonds. The molecule has 0 radical (unpaired) electrons. The first-order valence-corrected chi connectivity index (χ1v) is 6.26. The van der Waals surface area contributed by atoms with Crippen LogP contribution < -0.4 is 0 Å². The first kappa shape index (κ1) is 14.0. The number of rotatable bonds is 4. The van der Waals surface area contributed by atoms with Crippen LogP contribution in [0.25, 0.3) is 0 Å². The minimum Gasteiger partial charge on any atom is -0.380 e. The van der Waals surface area contributed by atoms with Gasteiger partial charge in [0.05, 0.1) is 5.02 Å². The van der Waals surface area contributed by atoms with E-state index in [0.29, 0.717) is 6.54 Å². The highest BCUT2D eigenvalue weighted by Crippen LogP contribution is 2.27. The van der Waals surface area contributed by atoms with Gasteiger partial charge in [-0.05, 0) is 18.6 Å². The number of benzene rings is 1. The molecule has 0 aliphatic rings. The van der Waals surface area contributed by atoms with Crippen molar-refractivity contribution in [3.8, 4) is 0 Å². The molecule has 0 aliphatic heterocycles. The molecule has 102 valence electrons. The van der Waals surface area contributed by atoms with Gasteiger partial charge < -0.3 is 9.67 Å². The average Bonchev–Trinajstić information content (AvgIpc) is 2.82. The van der Waals surface area contributed by atoms with Gasteiger partial charge >= 0.3 is 0 Å². The molecule has 0 saturated carbocycles. The Morgan fingerprint density at radius 2 is 2.11 bits per heavy atom. The van der Waals surface area contributed by atoms with Gasteiger partial charge in [0.1, 0.15) is 23.6 Å². The zero-order chi connectivity index (χ0) is 14.0. The lowest BCUT2D eigenvalue weighted by Gasteiger charge is -2.14. The van der Waals surface area contributed by atoms with Crippen LogP contribution in [0.15, 0.2) is 24.5 Å². The van der Waals surface area contributed by atoms with Crippen LogP contribution >= 0.6 is 11.6 Å². The maximum absolute atomic E-state index is 13.7. The second-order valence-electron chi connectivity index (χ2n) is 4.17. The van der Waals surface area contributed by atoms with Crippen molar-refractivity contribution < 1.29 is 13.9 Å². The number of hydrogen-bond donors (Lipinski definition) is 1. The Bertz CT molecular complexity index is 586. The largest absolute Gasteiger partial charge is 0.380 e. The van der Waals surface area contributed by atoms with Crippen LogP contribution in [-0.4, -0.2) is 14.7 Å². The Balaban J connectivity index is 2.41. The fraction of sp³-hybridized carbons (Fsp3) is 0.308. The summed E-state index contributed by atoms with van der Waals surface area (Å²) in [6.07, 6.45) is 2.71. The van der Waals surface area contributed by atoms with Gasteiger partial charge in [-0.3, -0.25) is 0 Å². The standard InChI is InChI=1S/C13H13ClF2N2O/c1-2-4-18-5-3-17-13(18)12(19)8-6-11(16)9(14)7-10(8)15/h3,5-7,12,19H,2,4H2,1H3. The third-order valence-electron chi connectivity index (χ3n) is 2.79. The number of hydrogen-bond acceptors (Lipinski definition) is 2. The lowest BCUT2D eigenvalue weighted by molar-refractivity contribution is 0.198. The summed E-state index contributed by atoms with van der Waals surface area (Å²) in [4.78, 5) is 4.00. The van der Waals surface area contributed by atoms with Crippen LogP contribution in [0.3, 0.4) is 0 Å². The molecule has 0 spiro atoms. The summed E-state index contributed by atoms with van der Waals surface area (Å²) in [6, 6.07) is 1.75. The molecule has 1 atom stereocenters. The Kier molecular flexibility index (Phi) is 4.17. The highest BCUT2D eigenvalue weighted by molar-refractivity contribution is 6.30. The molecule has 6 heteroatoms. The molecule has 1 unspecified atom stereocenters. The fourth-order valence-electron chi connectivity index (χ4n) is 1.88. The third-order valence-corrected chi connectivity index (χ3v) is 3.08. The van der Waals surface area contributed by atoms with Gasteiger partial charge in [0.15, 0.2) is 0 Å². The second kappa shape index (κ2) is 5.67. The molecule has 1 aromatic heterocycles. The summed E-state index contributed by atoms with van der Waals surface area (Å²) < 4.78 is 28.8. The monoisotopic (exact) mass is 286 g/mol. The van der Waals surface area contributed by atoms with Gasteiger partial charge in [-0.1, -0.05) is 18.5 Å². The van der Waals surface area contributed by atoms with E-state index in [1.807, 2.05) is 6.92 Å². The first-order chi connectivity index (χ1) is 9.04. The van der Waals surface area contributed by atoms with E-state index >= 15 is 0 Å². The highest BCUT2D eigenvalue weighted by Gasteiger charge is 2.21. The molecule has 2 rings (SSSR count). The summed E-state index contributed by atoms with van der Waals surface area (Å²) in [5.41, 5.74) is -0.176. The van der Waals surface area contributed by atoms with E-state index in [1.165, 1.54) is 6.20 Å². The van der Waals surface area contributed by atoms with Gasteiger partial charge in [-0.25, -0.2) is 13.8 Å². The summed E-state index contributed by atoms with van der Waals surface area (Å²) in [5.74, 6) is -1.25. The molecule has 0 saturated heterocycles. The number of aryl methyl sites for hydroxylation is 1. The zero-order valence-electron chi connectivity index (χ0n) is 10.3. The molecule has 0 fully saturated rings. The third kappa shape index (κ3) is 2.77. The Morgan fingerprint density at radius 1 is 1.37 bits per heavy atom. The summed E-state index contributed by atoms with van der Waals surface area (Å²) >= 11 is 5.48. The predicted molar refractivity (Wildman–Crippen MR) is 67.9 cm³/mol. The van der Waals surface area contributed by atoms with Crippen molar-refractivity contribution in [2.75, 3.05) is 0 Å². The number of imidazole rings is 1. The predicted octanol–water partition coefficient (Wildman–Crippen LogP) is 3.31. The van der Waals surface area contributed by atoms with Crippen LogP contribution in [0.1, 0.15) is 30.8 Å². The number of halogens is 3. The molecule has 1 aromatic carbocycles. The number of nitrogens with zero attached hydrogens (tertiary/aromatic N) is 2. The lowest BCUT2D eigenvalue weighted by Crippen LogP contribution is -2.11. The van der Waals surface area contributed by atoms with E-state index in [2.05, 4.69) is 4.98 Å². The summed E-state index contributed by atoms with van der Waals surface area (Å²) in [6.45, 7) is 2.61. The average molecular weight is 287 g/mol.